The predicted molar refractivity (Wildman–Crippen MR) is 129 cm³/mol. The van der Waals surface area contributed by atoms with Gasteiger partial charge in [-0.05, 0) is 49.6 Å². The number of pyridine rings is 1. The highest BCUT2D eigenvalue weighted by Gasteiger charge is 2.29. The van der Waals surface area contributed by atoms with Gasteiger partial charge in [-0.15, -0.1) is 0 Å². The van der Waals surface area contributed by atoms with Gasteiger partial charge >= 0.3 is 6.03 Å². The monoisotopic (exact) mass is 458 g/mol. The number of fused-ring (bicyclic) bond motifs is 1. The number of aryl methyl sites for hydroxylation is 1. The molecule has 1 saturated carbocycles. The van der Waals surface area contributed by atoms with Crippen molar-refractivity contribution < 1.29 is 14.3 Å². The lowest BCUT2D eigenvalue weighted by Gasteiger charge is -2.12. The zero-order valence-electron chi connectivity index (χ0n) is 18.0. The largest absolute Gasteiger partial charge is 0.439 e. The van der Waals surface area contributed by atoms with Crippen LogP contribution in [0.1, 0.15) is 23.4 Å². The number of carbonyl (C=O) groups excluding carboxylic acids is 2. The van der Waals surface area contributed by atoms with Crippen LogP contribution in [-0.2, 0) is 11.2 Å². The molecule has 2 amide bonds. The minimum absolute atomic E-state index is 0.225. The Hall–Kier alpha value is -3.78. The van der Waals surface area contributed by atoms with Gasteiger partial charge in [0, 0.05) is 29.4 Å². The molecule has 2 N–H and O–H groups in total. The Kier molecular flexibility index (Phi) is 5.75. The van der Waals surface area contributed by atoms with Gasteiger partial charge < -0.3 is 15.4 Å². The number of anilines is 2. The average Bonchev–Trinajstić information content (AvgIpc) is 3.57. The maximum absolute atomic E-state index is 12.3. The molecule has 4 aromatic rings. The van der Waals surface area contributed by atoms with Crippen molar-refractivity contribution in [2.24, 2.45) is 5.92 Å². The maximum atomic E-state index is 12.3. The van der Waals surface area contributed by atoms with E-state index in [1.54, 1.807) is 12.1 Å². The summed E-state index contributed by atoms with van der Waals surface area (Å²) < 4.78 is 6.03. The number of hydrogen-bond acceptors (Lipinski definition) is 6. The Morgan fingerprint density at radius 2 is 1.79 bits per heavy atom. The van der Waals surface area contributed by atoms with Gasteiger partial charge in [-0.3, -0.25) is 4.79 Å². The molecule has 0 spiro atoms. The fourth-order valence-electron chi connectivity index (χ4n) is 3.39. The summed E-state index contributed by atoms with van der Waals surface area (Å²) in [6, 6.07) is 18.0. The topological polar surface area (TPSA) is 93.2 Å². The van der Waals surface area contributed by atoms with Crippen molar-refractivity contribution in [3.05, 3.63) is 71.2 Å². The summed E-state index contributed by atoms with van der Waals surface area (Å²) in [6.07, 6.45) is 2.38. The Labute approximate surface area is 194 Å². The Bertz CT molecular complexity index is 1330. The lowest BCUT2D eigenvalue weighted by molar-refractivity contribution is -0.119. The summed E-state index contributed by atoms with van der Waals surface area (Å²) in [7, 11) is 0. The first-order valence-electron chi connectivity index (χ1n) is 10.7. The van der Waals surface area contributed by atoms with Crippen LogP contribution in [0.15, 0.2) is 60.7 Å². The molecule has 7 nitrogen and oxygen atoms in total. The molecule has 2 aromatic carbocycles. The summed E-state index contributed by atoms with van der Waals surface area (Å²) in [5.41, 5.74) is 2.98. The third kappa shape index (κ3) is 5.18. The second-order valence-electron chi connectivity index (χ2n) is 8.03. The molecule has 0 aliphatic heterocycles. The van der Waals surface area contributed by atoms with E-state index in [0.29, 0.717) is 29.4 Å². The lowest BCUT2D eigenvalue weighted by atomic mass is 10.2. The molecule has 0 saturated heterocycles. The second kappa shape index (κ2) is 8.99. The molecule has 0 radical (unpaired) electrons. The molecule has 0 unspecified atom stereocenters. The van der Waals surface area contributed by atoms with Crippen LogP contribution in [0.3, 0.4) is 0 Å². The van der Waals surface area contributed by atoms with E-state index in [0.717, 1.165) is 33.8 Å². The number of hydrogen-bond donors (Lipinski definition) is 2. The smallest absolute Gasteiger partial charge is 0.323 e. The molecule has 166 valence electrons. The first kappa shape index (κ1) is 21.1. The number of ketones is 1. The number of amides is 2. The van der Waals surface area contributed by atoms with Gasteiger partial charge in [0.2, 0.25) is 5.88 Å². The molecule has 0 bridgehead atoms. The standard InChI is InChI=1S/C25H22N4O3S/c1-15-7-10-18(27-25(31)26-17-5-3-2-4-6-17)13-21(15)32-22-12-11-19-24(29-22)33-23(28-19)14-20(30)16-8-9-16/h2-7,10-13,16H,8-9,14H2,1H3,(H2,26,27,31). The molecule has 1 fully saturated rings. The van der Waals surface area contributed by atoms with Gasteiger partial charge in [0.15, 0.2) is 0 Å². The van der Waals surface area contributed by atoms with Gasteiger partial charge in [0.05, 0.1) is 6.42 Å². The molecule has 2 aromatic heterocycles. The lowest BCUT2D eigenvalue weighted by Crippen LogP contribution is -2.19. The maximum Gasteiger partial charge on any atom is 0.323 e. The number of aromatic nitrogens is 2. The van der Waals surface area contributed by atoms with Crippen LogP contribution in [0.25, 0.3) is 10.3 Å². The van der Waals surface area contributed by atoms with Crippen LogP contribution in [0.2, 0.25) is 0 Å². The van der Waals surface area contributed by atoms with Crippen molar-refractivity contribution >= 4 is 44.9 Å². The number of Topliss-reactive ketones (excluding diaryl/α,β-unsaturated/α-hetero) is 1. The van der Waals surface area contributed by atoms with Gasteiger partial charge in [-0.25, -0.2) is 14.8 Å². The van der Waals surface area contributed by atoms with E-state index in [2.05, 4.69) is 20.6 Å². The molecule has 8 heteroatoms. The SMILES string of the molecule is Cc1ccc(NC(=O)Nc2ccccc2)cc1Oc1ccc2nc(CC(=O)C3CC3)sc2n1. The zero-order valence-corrected chi connectivity index (χ0v) is 18.8. The average molecular weight is 459 g/mol. The minimum atomic E-state index is -0.339. The molecule has 5 rings (SSSR count). The number of rotatable bonds is 7. The summed E-state index contributed by atoms with van der Waals surface area (Å²) in [6.45, 7) is 1.93. The first-order chi connectivity index (χ1) is 16.0. The van der Waals surface area contributed by atoms with Crippen LogP contribution in [0, 0.1) is 12.8 Å². The number of nitrogens with one attached hydrogen (secondary N) is 2. The van der Waals surface area contributed by atoms with Crippen LogP contribution in [0.5, 0.6) is 11.6 Å². The van der Waals surface area contributed by atoms with Crippen LogP contribution < -0.4 is 15.4 Å². The third-order valence-corrected chi connectivity index (χ3v) is 6.29. The molecule has 33 heavy (non-hydrogen) atoms. The van der Waals surface area contributed by atoms with Crippen LogP contribution in [0.4, 0.5) is 16.2 Å². The van der Waals surface area contributed by atoms with E-state index in [1.165, 1.54) is 11.3 Å². The number of thiazole rings is 1. The highest BCUT2D eigenvalue weighted by molar-refractivity contribution is 7.18. The summed E-state index contributed by atoms with van der Waals surface area (Å²) in [5.74, 6) is 1.51. The molecule has 2 heterocycles. The molecular formula is C25H22N4O3S. The van der Waals surface area contributed by atoms with Crippen molar-refractivity contribution in [1.82, 2.24) is 9.97 Å². The molecular weight excluding hydrogens is 436 g/mol. The van der Waals surface area contributed by atoms with Gasteiger partial charge in [0.1, 0.15) is 26.9 Å². The first-order valence-corrected chi connectivity index (χ1v) is 11.6. The van der Waals surface area contributed by atoms with Crippen LogP contribution in [-0.4, -0.2) is 21.8 Å². The third-order valence-electron chi connectivity index (χ3n) is 5.32. The van der Waals surface area contributed by atoms with E-state index >= 15 is 0 Å². The molecule has 0 atom stereocenters. The zero-order chi connectivity index (χ0) is 22.8. The van der Waals surface area contributed by atoms with E-state index in [9.17, 15) is 9.59 Å². The van der Waals surface area contributed by atoms with Crippen molar-refractivity contribution in [2.45, 2.75) is 26.2 Å². The number of nitrogens with zero attached hydrogens (tertiary/aromatic N) is 2. The van der Waals surface area contributed by atoms with Crippen LogP contribution >= 0.6 is 11.3 Å². The Morgan fingerprint density at radius 1 is 1.00 bits per heavy atom. The number of ether oxygens (including phenoxy) is 1. The fraction of sp³-hybridized carbons (Fsp3) is 0.200. The quantitative estimate of drug-likeness (QED) is 0.357. The number of carbonyl (C=O) groups is 2. The Balaban J connectivity index is 1.29. The van der Waals surface area contributed by atoms with Crippen molar-refractivity contribution in [2.75, 3.05) is 10.6 Å². The molecule has 1 aliphatic carbocycles. The number of urea groups is 1. The number of benzene rings is 2. The van der Waals surface area contributed by atoms with Gasteiger partial charge in [-0.1, -0.05) is 35.6 Å². The summed E-state index contributed by atoms with van der Waals surface area (Å²) in [4.78, 5) is 34.2. The van der Waals surface area contributed by atoms with E-state index < -0.39 is 0 Å². The van der Waals surface area contributed by atoms with E-state index in [4.69, 9.17) is 4.74 Å². The Morgan fingerprint density at radius 3 is 2.58 bits per heavy atom. The molecule has 1 aliphatic rings. The fourth-order valence-corrected chi connectivity index (χ4v) is 4.33. The minimum Gasteiger partial charge on any atom is -0.439 e. The summed E-state index contributed by atoms with van der Waals surface area (Å²) >= 11 is 1.42. The normalized spacial score (nSPS) is 13.0. The van der Waals surface area contributed by atoms with E-state index in [-0.39, 0.29) is 17.7 Å². The van der Waals surface area contributed by atoms with Crippen molar-refractivity contribution in [3.8, 4) is 11.6 Å². The van der Waals surface area contributed by atoms with E-state index in [1.807, 2.05) is 55.5 Å². The highest BCUT2D eigenvalue weighted by Crippen LogP contribution is 2.33. The number of para-hydroxylation sites is 1. The summed E-state index contributed by atoms with van der Waals surface area (Å²) in [5, 5.41) is 6.40. The van der Waals surface area contributed by atoms with Gasteiger partial charge in [-0.2, -0.15) is 0 Å². The van der Waals surface area contributed by atoms with Crippen molar-refractivity contribution in [1.29, 1.82) is 0 Å². The second-order valence-corrected chi connectivity index (χ2v) is 9.09. The van der Waals surface area contributed by atoms with Gasteiger partial charge in [0.25, 0.3) is 0 Å². The highest BCUT2D eigenvalue weighted by atomic mass is 32.1. The van der Waals surface area contributed by atoms with Crippen molar-refractivity contribution in [3.63, 3.8) is 0 Å². The predicted octanol–water partition coefficient (Wildman–Crippen LogP) is 5.96.